The van der Waals surface area contributed by atoms with Gasteiger partial charge in [0.1, 0.15) is 13.2 Å². The van der Waals surface area contributed by atoms with E-state index in [9.17, 15) is 9.59 Å². The fourth-order valence-corrected chi connectivity index (χ4v) is 2.57. The van der Waals surface area contributed by atoms with Crippen LogP contribution in [0.25, 0.3) is 0 Å². The molecule has 0 bridgehead atoms. The Morgan fingerprint density at radius 2 is 1.71 bits per heavy atom. The van der Waals surface area contributed by atoms with Gasteiger partial charge < -0.3 is 14.8 Å². The normalized spacial score (nSPS) is 10.1. The van der Waals surface area contributed by atoms with Crippen LogP contribution in [-0.4, -0.2) is 25.5 Å². The van der Waals surface area contributed by atoms with Crippen LogP contribution in [0, 0.1) is 0 Å². The lowest BCUT2D eigenvalue weighted by Crippen LogP contribution is -2.30. The minimum Gasteiger partial charge on any atom is -0.494 e. The van der Waals surface area contributed by atoms with Gasteiger partial charge in [0.2, 0.25) is 0 Å². The molecule has 0 aliphatic carbocycles. The maximum Gasteiger partial charge on any atom is 0.325 e. The van der Waals surface area contributed by atoms with Crippen molar-refractivity contribution < 1.29 is 19.1 Å². The van der Waals surface area contributed by atoms with Gasteiger partial charge in [-0.2, -0.15) is 0 Å². The number of hydrogen-bond donors (Lipinski definition) is 1. The predicted molar refractivity (Wildman–Crippen MR) is 91.6 cm³/mol. The molecule has 126 valence electrons. The number of methoxy groups -OCH3 is 1. The molecule has 0 atom stereocenters. The number of carbonyl (C=O) groups excluding carboxylic acids is 2. The first-order valence-corrected chi connectivity index (χ1v) is 7.77. The summed E-state index contributed by atoms with van der Waals surface area (Å²) in [6.07, 6.45) is 0. The summed E-state index contributed by atoms with van der Waals surface area (Å²) in [5.74, 6) is -0.742. The molecule has 0 fully saturated rings. The number of halogens is 2. The van der Waals surface area contributed by atoms with E-state index >= 15 is 0 Å². The average Bonchev–Trinajstić information content (AvgIpc) is 2.58. The van der Waals surface area contributed by atoms with E-state index in [4.69, 9.17) is 32.7 Å². The first kappa shape index (κ1) is 18.1. The van der Waals surface area contributed by atoms with Gasteiger partial charge in [0.25, 0.3) is 5.91 Å². The van der Waals surface area contributed by atoms with E-state index in [1.807, 2.05) is 30.3 Å². The summed E-state index contributed by atoms with van der Waals surface area (Å²) < 4.78 is 10.1. The number of esters is 1. The van der Waals surface area contributed by atoms with Crippen LogP contribution in [0.5, 0.6) is 5.75 Å². The molecule has 2 aromatic rings. The lowest BCUT2D eigenvalue weighted by Gasteiger charge is -2.09. The lowest BCUT2D eigenvalue weighted by molar-refractivity contribution is -0.143. The van der Waals surface area contributed by atoms with Crippen molar-refractivity contribution in [1.82, 2.24) is 5.32 Å². The summed E-state index contributed by atoms with van der Waals surface area (Å²) >= 11 is 12.0. The molecule has 0 saturated carbocycles. The third kappa shape index (κ3) is 4.88. The van der Waals surface area contributed by atoms with E-state index in [-0.39, 0.29) is 34.5 Å². The number of carbonyl (C=O) groups is 2. The van der Waals surface area contributed by atoms with Crippen molar-refractivity contribution in [3.8, 4) is 5.75 Å². The van der Waals surface area contributed by atoms with Crippen LogP contribution in [0.3, 0.4) is 0 Å². The molecule has 0 spiro atoms. The maximum absolute atomic E-state index is 12.1. The molecule has 2 aromatic carbocycles. The SMILES string of the molecule is COc1c(Cl)cc(C(=O)NCC(=O)OCc2ccccc2)cc1Cl. The number of ether oxygens (including phenoxy) is 2. The van der Waals surface area contributed by atoms with Gasteiger partial charge in [-0.3, -0.25) is 9.59 Å². The summed E-state index contributed by atoms with van der Waals surface area (Å²) in [5.41, 5.74) is 1.09. The minimum atomic E-state index is -0.544. The first-order chi connectivity index (χ1) is 11.5. The monoisotopic (exact) mass is 367 g/mol. The van der Waals surface area contributed by atoms with Crippen molar-refractivity contribution in [3.63, 3.8) is 0 Å². The minimum absolute atomic E-state index is 0.149. The number of amides is 1. The molecule has 1 N–H and O–H groups in total. The van der Waals surface area contributed by atoms with Crippen LogP contribution in [0.15, 0.2) is 42.5 Å². The van der Waals surface area contributed by atoms with Crippen LogP contribution >= 0.6 is 23.2 Å². The summed E-state index contributed by atoms with van der Waals surface area (Å²) in [4.78, 5) is 23.7. The lowest BCUT2D eigenvalue weighted by atomic mass is 10.2. The highest BCUT2D eigenvalue weighted by Gasteiger charge is 2.14. The molecule has 0 unspecified atom stereocenters. The van der Waals surface area contributed by atoms with Gasteiger partial charge in [-0.05, 0) is 17.7 Å². The van der Waals surface area contributed by atoms with Crippen LogP contribution in [0.4, 0.5) is 0 Å². The van der Waals surface area contributed by atoms with Crippen molar-refractivity contribution in [2.45, 2.75) is 6.61 Å². The number of nitrogens with one attached hydrogen (secondary N) is 1. The van der Waals surface area contributed by atoms with Gasteiger partial charge >= 0.3 is 5.97 Å². The van der Waals surface area contributed by atoms with Crippen molar-refractivity contribution in [2.24, 2.45) is 0 Å². The van der Waals surface area contributed by atoms with Crippen molar-refractivity contribution in [1.29, 1.82) is 0 Å². The largest absolute Gasteiger partial charge is 0.494 e. The second-order valence-electron chi connectivity index (χ2n) is 4.80. The van der Waals surface area contributed by atoms with Gasteiger partial charge in [0.15, 0.2) is 5.75 Å². The second-order valence-corrected chi connectivity index (χ2v) is 5.62. The molecular formula is C17H15Cl2NO4. The van der Waals surface area contributed by atoms with Gasteiger partial charge in [-0.1, -0.05) is 53.5 Å². The average molecular weight is 368 g/mol. The van der Waals surface area contributed by atoms with Crippen molar-refractivity contribution in [2.75, 3.05) is 13.7 Å². The zero-order valence-corrected chi connectivity index (χ0v) is 14.4. The van der Waals surface area contributed by atoms with Gasteiger partial charge in [-0.15, -0.1) is 0 Å². The third-order valence-electron chi connectivity index (χ3n) is 3.10. The Kier molecular flexibility index (Phi) is 6.46. The van der Waals surface area contributed by atoms with Crippen LogP contribution in [0.2, 0.25) is 10.0 Å². The molecule has 0 heterocycles. The molecular weight excluding hydrogens is 353 g/mol. The summed E-state index contributed by atoms with van der Waals surface area (Å²) in [6, 6.07) is 12.1. The Bertz CT molecular complexity index is 712. The third-order valence-corrected chi connectivity index (χ3v) is 3.66. The first-order valence-electron chi connectivity index (χ1n) is 7.02. The Labute approximate surface area is 149 Å². The molecule has 0 aromatic heterocycles. The van der Waals surface area contributed by atoms with Crippen LogP contribution in [-0.2, 0) is 16.1 Å². The second kappa shape index (κ2) is 8.57. The zero-order chi connectivity index (χ0) is 17.5. The highest BCUT2D eigenvalue weighted by atomic mass is 35.5. The smallest absolute Gasteiger partial charge is 0.325 e. The molecule has 2 rings (SSSR count). The fraction of sp³-hybridized carbons (Fsp3) is 0.176. The van der Waals surface area contributed by atoms with Gasteiger partial charge in [-0.25, -0.2) is 0 Å². The summed E-state index contributed by atoms with van der Waals surface area (Å²) in [7, 11) is 1.43. The highest BCUT2D eigenvalue weighted by molar-refractivity contribution is 6.37. The van der Waals surface area contributed by atoms with Crippen molar-refractivity contribution >= 4 is 35.1 Å². The Balaban J connectivity index is 1.87. The zero-order valence-electron chi connectivity index (χ0n) is 12.8. The summed E-state index contributed by atoms with van der Waals surface area (Å²) in [6.45, 7) is -0.108. The van der Waals surface area contributed by atoms with Gasteiger partial charge in [0, 0.05) is 5.56 Å². The molecule has 0 aliphatic rings. The Hall–Kier alpha value is -2.24. The molecule has 0 aliphatic heterocycles. The van der Waals surface area contributed by atoms with E-state index in [0.717, 1.165) is 5.56 Å². The quantitative estimate of drug-likeness (QED) is 0.793. The van der Waals surface area contributed by atoms with E-state index in [2.05, 4.69) is 5.32 Å². The van der Waals surface area contributed by atoms with E-state index in [1.165, 1.54) is 19.2 Å². The molecule has 24 heavy (non-hydrogen) atoms. The molecule has 7 heteroatoms. The summed E-state index contributed by atoms with van der Waals surface area (Å²) in [5, 5.41) is 2.88. The Morgan fingerprint density at radius 3 is 2.29 bits per heavy atom. The molecule has 5 nitrogen and oxygen atoms in total. The molecule has 0 saturated heterocycles. The predicted octanol–water partition coefficient (Wildman–Crippen LogP) is 3.48. The number of hydrogen-bond acceptors (Lipinski definition) is 4. The number of benzene rings is 2. The highest BCUT2D eigenvalue weighted by Crippen LogP contribution is 2.33. The number of rotatable bonds is 6. The van der Waals surface area contributed by atoms with Crippen LogP contribution < -0.4 is 10.1 Å². The Morgan fingerprint density at radius 1 is 1.08 bits per heavy atom. The standard InChI is InChI=1S/C17H15Cl2NO4/c1-23-16-13(18)7-12(8-14(16)19)17(22)20-9-15(21)24-10-11-5-3-2-4-6-11/h2-8H,9-10H2,1H3,(H,20,22). The van der Waals surface area contributed by atoms with Crippen molar-refractivity contribution in [3.05, 3.63) is 63.6 Å². The van der Waals surface area contributed by atoms with E-state index in [0.29, 0.717) is 0 Å². The fourth-order valence-electron chi connectivity index (χ4n) is 1.93. The molecule has 0 radical (unpaired) electrons. The molecule has 1 amide bonds. The van der Waals surface area contributed by atoms with Gasteiger partial charge in [0.05, 0.1) is 17.2 Å². The van der Waals surface area contributed by atoms with E-state index < -0.39 is 11.9 Å². The maximum atomic E-state index is 12.1. The van der Waals surface area contributed by atoms with E-state index in [1.54, 1.807) is 0 Å². The van der Waals surface area contributed by atoms with Crippen LogP contribution in [0.1, 0.15) is 15.9 Å². The topological polar surface area (TPSA) is 64.6 Å².